The molecule has 0 saturated carbocycles. The highest BCUT2D eigenvalue weighted by Gasteiger charge is 2.28. The van der Waals surface area contributed by atoms with E-state index in [2.05, 4.69) is 52.0 Å². The number of likely N-dealkylation sites (tertiary alicyclic amines) is 1. The van der Waals surface area contributed by atoms with Crippen molar-refractivity contribution < 1.29 is 0 Å². The van der Waals surface area contributed by atoms with Gasteiger partial charge in [0.15, 0.2) is 0 Å². The van der Waals surface area contributed by atoms with Crippen LogP contribution in [-0.4, -0.2) is 63.6 Å². The number of rotatable bonds is 9. The van der Waals surface area contributed by atoms with Gasteiger partial charge in [-0.25, -0.2) is 4.98 Å². The molecule has 188 valence electrons. The van der Waals surface area contributed by atoms with Crippen LogP contribution >= 0.6 is 0 Å². The van der Waals surface area contributed by atoms with Crippen LogP contribution in [-0.2, 0) is 19.5 Å². The van der Waals surface area contributed by atoms with E-state index in [9.17, 15) is 0 Å². The summed E-state index contributed by atoms with van der Waals surface area (Å²) in [4.78, 5) is 15.0. The van der Waals surface area contributed by atoms with E-state index in [1.54, 1.807) is 0 Å². The van der Waals surface area contributed by atoms with Gasteiger partial charge in [0, 0.05) is 31.9 Å². The normalized spacial score (nSPS) is 25.0. The van der Waals surface area contributed by atoms with E-state index in [-0.39, 0.29) is 0 Å². The molecule has 0 bridgehead atoms. The van der Waals surface area contributed by atoms with E-state index in [1.165, 1.54) is 69.5 Å². The first kappa shape index (κ1) is 24.4. The average Bonchev–Trinajstić information content (AvgIpc) is 3.51. The van der Waals surface area contributed by atoms with E-state index in [4.69, 9.17) is 9.97 Å². The first-order valence-electron chi connectivity index (χ1n) is 13.6. The zero-order valence-corrected chi connectivity index (χ0v) is 21.5. The summed E-state index contributed by atoms with van der Waals surface area (Å²) >= 11 is 0. The highest BCUT2D eigenvalue weighted by atomic mass is 15.2. The minimum absolute atomic E-state index is 0.341. The Bertz CT molecular complexity index is 1020. The number of imidazole rings is 1. The number of hydrogen-bond acceptors (Lipinski definition) is 5. The van der Waals surface area contributed by atoms with Crippen LogP contribution in [0.25, 0.3) is 12.2 Å². The van der Waals surface area contributed by atoms with Crippen molar-refractivity contribution in [3.05, 3.63) is 60.0 Å². The summed E-state index contributed by atoms with van der Waals surface area (Å²) in [6, 6.07) is 5.32. The zero-order valence-electron chi connectivity index (χ0n) is 21.5. The second kappa shape index (κ2) is 11.2. The number of nitrogens with zero attached hydrogens (tertiary/aromatic N) is 5. The number of nitrogens with one attached hydrogen (secondary N) is 1. The molecule has 35 heavy (non-hydrogen) atoms. The number of aromatic nitrogens is 3. The molecule has 6 nitrogen and oxygen atoms in total. The lowest BCUT2D eigenvalue weighted by molar-refractivity contribution is 0.149. The third-order valence-corrected chi connectivity index (χ3v) is 8.27. The molecular weight excluding hydrogens is 432 g/mol. The van der Waals surface area contributed by atoms with Gasteiger partial charge in [-0.1, -0.05) is 19.2 Å². The molecule has 0 aromatic carbocycles. The molecule has 0 radical (unpaired) electrons. The molecule has 2 saturated heterocycles. The summed E-state index contributed by atoms with van der Waals surface area (Å²) in [7, 11) is 2.23. The lowest BCUT2D eigenvalue weighted by Gasteiger charge is -2.35. The lowest BCUT2D eigenvalue weighted by Crippen LogP contribution is -2.43. The predicted molar refractivity (Wildman–Crippen MR) is 144 cm³/mol. The molecule has 0 amide bonds. The molecule has 6 heteroatoms. The van der Waals surface area contributed by atoms with E-state index in [0.717, 1.165) is 43.1 Å². The highest BCUT2D eigenvalue weighted by molar-refractivity contribution is 5.58. The van der Waals surface area contributed by atoms with Gasteiger partial charge in [-0.2, -0.15) is 0 Å². The lowest BCUT2D eigenvalue weighted by atomic mass is 9.91. The Morgan fingerprint density at radius 3 is 2.86 bits per heavy atom. The molecule has 2 aliphatic heterocycles. The van der Waals surface area contributed by atoms with Crippen LogP contribution in [0.1, 0.15) is 73.0 Å². The van der Waals surface area contributed by atoms with Crippen LogP contribution in [0.15, 0.2) is 31.5 Å². The Labute approximate surface area is 211 Å². The molecule has 2 fully saturated rings. The second-order valence-corrected chi connectivity index (χ2v) is 10.7. The Hall–Kier alpha value is -2.28. The maximum absolute atomic E-state index is 5.05. The number of aryl methyl sites for hydroxylation is 1. The quantitative estimate of drug-likeness (QED) is 0.578. The number of fused-ring (bicyclic) bond motifs is 1. The Kier molecular flexibility index (Phi) is 7.81. The number of hydrogen-bond donors (Lipinski definition) is 1. The summed E-state index contributed by atoms with van der Waals surface area (Å²) < 4.78 is 2.44. The van der Waals surface area contributed by atoms with Crippen molar-refractivity contribution in [2.24, 2.45) is 5.92 Å². The van der Waals surface area contributed by atoms with E-state index < -0.39 is 0 Å². The van der Waals surface area contributed by atoms with Crippen molar-refractivity contribution in [3.63, 3.8) is 0 Å². The van der Waals surface area contributed by atoms with E-state index >= 15 is 0 Å². The third-order valence-electron chi connectivity index (χ3n) is 8.27. The van der Waals surface area contributed by atoms with Gasteiger partial charge in [-0.15, -0.1) is 0 Å². The maximum atomic E-state index is 5.05. The van der Waals surface area contributed by atoms with E-state index in [1.807, 2.05) is 18.3 Å². The number of piperidine rings is 1. The molecule has 5 rings (SSSR count). The van der Waals surface area contributed by atoms with Gasteiger partial charge in [0.05, 0.1) is 29.7 Å². The Morgan fingerprint density at radius 1 is 1.14 bits per heavy atom. The van der Waals surface area contributed by atoms with Gasteiger partial charge >= 0.3 is 0 Å². The standard InChI is InChI=1S/C29H42N6/c1-4-25-26(5-2)35(19-22-10-9-17-34(18-22)20-24-13-8-15-30-24)28(32-25)21-33(3)27-14-6-11-23-12-7-16-31-29(23)27/h4-5,7,12,16,22,24,27,30H,1-2,6,8-11,13-15,17-21H2,3H3/t22-,24+,27-/m0/s1. The Morgan fingerprint density at radius 2 is 2.06 bits per heavy atom. The van der Waals surface area contributed by atoms with E-state index in [0.29, 0.717) is 18.0 Å². The van der Waals surface area contributed by atoms with Crippen LogP contribution in [0.3, 0.4) is 0 Å². The molecular formula is C29H42N6. The molecule has 1 aliphatic carbocycles. The summed E-state index contributed by atoms with van der Waals surface area (Å²) in [6.45, 7) is 14.8. The van der Waals surface area contributed by atoms with Gasteiger partial charge in [0.2, 0.25) is 0 Å². The summed E-state index contributed by atoms with van der Waals surface area (Å²) in [5.74, 6) is 1.76. The predicted octanol–water partition coefficient (Wildman–Crippen LogP) is 4.54. The van der Waals surface area contributed by atoms with Gasteiger partial charge < -0.3 is 14.8 Å². The van der Waals surface area contributed by atoms with Crippen LogP contribution < -0.4 is 5.32 Å². The Balaban J connectivity index is 1.33. The smallest absolute Gasteiger partial charge is 0.124 e. The molecule has 3 atom stereocenters. The van der Waals surface area contributed by atoms with Gasteiger partial charge in [0.1, 0.15) is 5.82 Å². The first-order chi connectivity index (χ1) is 17.2. The van der Waals surface area contributed by atoms with Gasteiger partial charge in [0.25, 0.3) is 0 Å². The minimum atomic E-state index is 0.341. The molecule has 0 unspecified atom stereocenters. The van der Waals surface area contributed by atoms with Crippen LogP contribution in [0.4, 0.5) is 0 Å². The average molecular weight is 475 g/mol. The van der Waals surface area contributed by atoms with Crippen molar-refractivity contribution in [1.29, 1.82) is 0 Å². The van der Waals surface area contributed by atoms with Crippen molar-refractivity contribution in [3.8, 4) is 0 Å². The summed E-state index contributed by atoms with van der Waals surface area (Å²) in [5.41, 5.74) is 4.71. The minimum Gasteiger partial charge on any atom is -0.327 e. The molecule has 4 heterocycles. The van der Waals surface area contributed by atoms with Crippen molar-refractivity contribution in [2.75, 3.05) is 33.2 Å². The SMILES string of the molecule is C=Cc1nc(CN(C)[C@H]2CCCc3cccnc32)n(C[C@H]2CCCN(C[C@H]3CCCN3)C2)c1C=C. The summed E-state index contributed by atoms with van der Waals surface area (Å²) in [6.07, 6.45) is 14.5. The van der Waals surface area contributed by atoms with Crippen molar-refractivity contribution in [1.82, 2.24) is 29.7 Å². The topological polar surface area (TPSA) is 49.2 Å². The van der Waals surface area contributed by atoms with Gasteiger partial charge in [-0.3, -0.25) is 9.88 Å². The maximum Gasteiger partial charge on any atom is 0.124 e. The zero-order chi connectivity index (χ0) is 24.2. The molecule has 2 aromatic rings. The summed E-state index contributed by atoms with van der Waals surface area (Å²) in [5, 5.41) is 3.67. The fraction of sp³-hybridized carbons (Fsp3) is 0.586. The third kappa shape index (κ3) is 5.45. The largest absolute Gasteiger partial charge is 0.327 e. The highest BCUT2D eigenvalue weighted by Crippen LogP contribution is 2.33. The van der Waals surface area contributed by atoms with Gasteiger partial charge in [-0.05, 0) is 94.8 Å². The van der Waals surface area contributed by atoms with Crippen molar-refractivity contribution in [2.45, 2.75) is 70.1 Å². The molecule has 3 aliphatic rings. The fourth-order valence-electron chi connectivity index (χ4n) is 6.52. The van der Waals surface area contributed by atoms with Crippen LogP contribution in [0, 0.1) is 5.92 Å². The molecule has 0 spiro atoms. The first-order valence-corrected chi connectivity index (χ1v) is 13.6. The second-order valence-electron chi connectivity index (χ2n) is 10.7. The van der Waals surface area contributed by atoms with Crippen molar-refractivity contribution >= 4 is 12.2 Å². The molecule has 2 aromatic heterocycles. The fourth-order valence-corrected chi connectivity index (χ4v) is 6.52. The van der Waals surface area contributed by atoms with Crippen LogP contribution in [0.2, 0.25) is 0 Å². The monoisotopic (exact) mass is 474 g/mol. The molecule has 1 N–H and O–H groups in total. The van der Waals surface area contributed by atoms with Crippen LogP contribution in [0.5, 0.6) is 0 Å². The number of pyridine rings is 1.